The molecule has 0 fully saturated rings. The molecule has 0 unspecified atom stereocenters. The van der Waals surface area contributed by atoms with Crippen LogP contribution in [0, 0.1) is 13.8 Å². The number of rotatable bonds is 13. The Morgan fingerprint density at radius 3 is 2.21 bits per heavy atom. The molecule has 1 heterocycles. The molecule has 39 heavy (non-hydrogen) atoms. The predicted molar refractivity (Wildman–Crippen MR) is 158 cm³/mol. The third kappa shape index (κ3) is 9.20. The number of furan rings is 1. The summed E-state index contributed by atoms with van der Waals surface area (Å²) in [6.07, 6.45) is 7.55. The average molecular weight is 531 g/mol. The quantitative estimate of drug-likeness (QED) is 0.176. The smallest absolute Gasteiger partial charge is 0.307 e. The van der Waals surface area contributed by atoms with Gasteiger partial charge in [0.25, 0.3) is 0 Å². The van der Waals surface area contributed by atoms with E-state index in [0.29, 0.717) is 13.2 Å². The largest absolute Gasteiger partial charge is 0.493 e. The molecule has 0 radical (unpaired) electrons. The van der Waals surface area contributed by atoms with Gasteiger partial charge in [0, 0.05) is 17.4 Å². The van der Waals surface area contributed by atoms with Gasteiger partial charge in [0.1, 0.15) is 17.1 Å². The van der Waals surface area contributed by atoms with E-state index in [1.807, 2.05) is 42.5 Å². The summed E-state index contributed by atoms with van der Waals surface area (Å²) in [5.74, 6) is 0.907. The zero-order valence-electron chi connectivity index (χ0n) is 23.8. The van der Waals surface area contributed by atoms with Crippen molar-refractivity contribution in [2.45, 2.75) is 72.6 Å². The van der Waals surface area contributed by atoms with Crippen LogP contribution >= 0.6 is 0 Å². The second kappa shape index (κ2) is 15.6. The first kappa shape index (κ1) is 29.8. The summed E-state index contributed by atoms with van der Waals surface area (Å²) in [7, 11) is 0. The Morgan fingerprint density at radius 1 is 0.846 bits per heavy atom. The molecular formula is C34H42O5. The number of hydrogen-bond donors (Lipinski definition) is 1. The first-order chi connectivity index (χ1) is 18.9. The number of aryl methyl sites for hydroxylation is 4. The van der Waals surface area contributed by atoms with Crippen LogP contribution in [0.3, 0.4) is 0 Å². The van der Waals surface area contributed by atoms with Crippen LogP contribution in [0.1, 0.15) is 67.3 Å². The van der Waals surface area contributed by atoms with Crippen molar-refractivity contribution in [3.05, 3.63) is 94.7 Å². The second-order valence-electron chi connectivity index (χ2n) is 9.91. The van der Waals surface area contributed by atoms with E-state index in [-0.39, 0.29) is 6.42 Å². The zero-order valence-corrected chi connectivity index (χ0v) is 23.8. The Morgan fingerprint density at radius 2 is 1.56 bits per heavy atom. The van der Waals surface area contributed by atoms with E-state index in [1.54, 1.807) is 6.26 Å². The number of carboxylic acid groups (broad SMARTS) is 1. The lowest BCUT2D eigenvalue weighted by Crippen LogP contribution is -2.08. The van der Waals surface area contributed by atoms with Crippen LogP contribution in [-0.2, 0) is 24.1 Å². The fourth-order valence-corrected chi connectivity index (χ4v) is 4.47. The van der Waals surface area contributed by atoms with E-state index in [9.17, 15) is 4.79 Å². The van der Waals surface area contributed by atoms with Crippen molar-refractivity contribution >= 4 is 16.9 Å². The molecule has 0 aliphatic rings. The molecule has 5 heteroatoms. The monoisotopic (exact) mass is 530 g/mol. The summed E-state index contributed by atoms with van der Waals surface area (Å²) < 4.78 is 17.9. The third-order valence-electron chi connectivity index (χ3n) is 6.52. The first-order valence-electron chi connectivity index (χ1n) is 14.0. The Bertz CT molecular complexity index is 1310. The van der Waals surface area contributed by atoms with Gasteiger partial charge in [0.15, 0.2) is 0 Å². The van der Waals surface area contributed by atoms with Crippen LogP contribution in [0.15, 0.2) is 71.3 Å². The number of fused-ring (bicyclic) bond motifs is 1. The number of carboxylic acids is 1. The molecule has 0 saturated carbocycles. The molecule has 1 N–H and O–H groups in total. The maximum absolute atomic E-state index is 11.0. The van der Waals surface area contributed by atoms with Gasteiger partial charge in [-0.1, -0.05) is 74.7 Å². The predicted octanol–water partition coefficient (Wildman–Crippen LogP) is 8.51. The Kier molecular flexibility index (Phi) is 11.9. The number of unbranched alkanes of at least 4 members (excludes halogenated alkanes) is 1. The maximum atomic E-state index is 11.0. The maximum Gasteiger partial charge on any atom is 0.307 e. The van der Waals surface area contributed by atoms with Gasteiger partial charge in [-0.15, -0.1) is 0 Å². The number of ether oxygens (including phenoxy) is 2. The SMILES string of the molecule is CCCCc1cc(CC(=O)O)ccc1OCCCOc1ccc2c(C)coc2c1CCC.Cc1ccccc1. The van der Waals surface area contributed by atoms with Gasteiger partial charge >= 0.3 is 5.97 Å². The first-order valence-corrected chi connectivity index (χ1v) is 14.0. The van der Waals surface area contributed by atoms with E-state index in [2.05, 4.69) is 45.9 Å². The fourth-order valence-electron chi connectivity index (χ4n) is 4.47. The van der Waals surface area contributed by atoms with Crippen LogP contribution in [0.25, 0.3) is 11.0 Å². The summed E-state index contributed by atoms with van der Waals surface area (Å²) >= 11 is 0. The van der Waals surface area contributed by atoms with Crippen LogP contribution < -0.4 is 9.47 Å². The molecule has 5 nitrogen and oxygen atoms in total. The van der Waals surface area contributed by atoms with Gasteiger partial charge in [-0.3, -0.25) is 4.79 Å². The third-order valence-corrected chi connectivity index (χ3v) is 6.52. The highest BCUT2D eigenvalue weighted by atomic mass is 16.5. The standard InChI is InChI=1S/C27H34O5.C7H8/c1-4-6-9-21-16-20(17-26(28)29)10-12-24(21)30-14-7-15-31-25-13-11-22-19(3)18-32-27(22)23(25)8-5-2;1-7-5-3-2-4-6-7/h10-13,16,18H,4-9,14-15,17H2,1-3H3,(H,28,29);2-6H,1H3. The van der Waals surface area contributed by atoms with E-state index in [4.69, 9.17) is 19.0 Å². The van der Waals surface area contributed by atoms with Crippen molar-refractivity contribution in [1.82, 2.24) is 0 Å². The highest BCUT2D eigenvalue weighted by Gasteiger charge is 2.13. The van der Waals surface area contributed by atoms with Gasteiger partial charge in [-0.05, 0) is 68.0 Å². The lowest BCUT2D eigenvalue weighted by atomic mass is 10.0. The van der Waals surface area contributed by atoms with Gasteiger partial charge in [0.2, 0.25) is 0 Å². The Labute approximate surface area is 232 Å². The lowest BCUT2D eigenvalue weighted by molar-refractivity contribution is -0.136. The summed E-state index contributed by atoms with van der Waals surface area (Å²) in [5.41, 5.74) is 6.42. The topological polar surface area (TPSA) is 68.9 Å². The van der Waals surface area contributed by atoms with E-state index < -0.39 is 5.97 Å². The normalized spacial score (nSPS) is 10.7. The fraction of sp³-hybridized carbons (Fsp3) is 0.382. The van der Waals surface area contributed by atoms with Crippen molar-refractivity contribution in [3.8, 4) is 11.5 Å². The molecule has 4 aromatic rings. The van der Waals surface area contributed by atoms with Crippen molar-refractivity contribution in [1.29, 1.82) is 0 Å². The zero-order chi connectivity index (χ0) is 28.0. The number of hydrogen-bond acceptors (Lipinski definition) is 4. The minimum absolute atomic E-state index is 0.0346. The number of carbonyl (C=O) groups is 1. The van der Waals surface area contributed by atoms with E-state index in [0.717, 1.165) is 83.2 Å². The summed E-state index contributed by atoms with van der Waals surface area (Å²) in [6, 6.07) is 20.1. The number of benzene rings is 3. The summed E-state index contributed by atoms with van der Waals surface area (Å²) in [4.78, 5) is 11.0. The molecule has 1 aromatic heterocycles. The molecule has 0 bridgehead atoms. The van der Waals surface area contributed by atoms with Gasteiger partial charge < -0.3 is 19.0 Å². The molecule has 0 atom stereocenters. The van der Waals surface area contributed by atoms with Crippen LogP contribution in [0.4, 0.5) is 0 Å². The summed E-state index contributed by atoms with van der Waals surface area (Å²) in [5, 5.41) is 10.2. The number of aliphatic carboxylic acids is 1. The van der Waals surface area contributed by atoms with Crippen LogP contribution in [0.2, 0.25) is 0 Å². The molecule has 208 valence electrons. The van der Waals surface area contributed by atoms with Crippen LogP contribution in [0.5, 0.6) is 11.5 Å². The van der Waals surface area contributed by atoms with E-state index >= 15 is 0 Å². The minimum atomic E-state index is -0.817. The van der Waals surface area contributed by atoms with Crippen molar-refractivity contribution in [3.63, 3.8) is 0 Å². The van der Waals surface area contributed by atoms with Gasteiger partial charge in [-0.25, -0.2) is 0 Å². The lowest BCUT2D eigenvalue weighted by Gasteiger charge is -2.14. The molecule has 0 amide bonds. The molecule has 4 rings (SSSR count). The molecule has 3 aromatic carbocycles. The van der Waals surface area contributed by atoms with Crippen molar-refractivity contribution < 1.29 is 23.8 Å². The second-order valence-corrected chi connectivity index (χ2v) is 9.91. The van der Waals surface area contributed by atoms with E-state index in [1.165, 1.54) is 5.56 Å². The molecular weight excluding hydrogens is 488 g/mol. The van der Waals surface area contributed by atoms with Crippen molar-refractivity contribution in [2.75, 3.05) is 13.2 Å². The molecule has 0 aliphatic heterocycles. The van der Waals surface area contributed by atoms with Gasteiger partial charge in [-0.2, -0.15) is 0 Å². The van der Waals surface area contributed by atoms with Crippen molar-refractivity contribution in [2.24, 2.45) is 0 Å². The Balaban J connectivity index is 0.000000520. The van der Waals surface area contributed by atoms with Crippen LogP contribution in [-0.4, -0.2) is 24.3 Å². The average Bonchev–Trinajstić information content (AvgIpc) is 3.30. The molecule has 0 saturated heterocycles. The molecule has 0 aliphatic carbocycles. The van der Waals surface area contributed by atoms with Gasteiger partial charge in [0.05, 0.1) is 25.9 Å². The Hall–Kier alpha value is -3.73. The highest BCUT2D eigenvalue weighted by Crippen LogP contribution is 2.32. The molecule has 0 spiro atoms. The minimum Gasteiger partial charge on any atom is -0.493 e. The highest BCUT2D eigenvalue weighted by molar-refractivity contribution is 5.85. The summed E-state index contributed by atoms with van der Waals surface area (Å²) in [6.45, 7) is 9.55.